The highest BCUT2D eigenvalue weighted by molar-refractivity contribution is 7.98. The number of aromatic nitrogens is 4. The van der Waals surface area contributed by atoms with Gasteiger partial charge in [-0.25, -0.2) is 19.9 Å². The van der Waals surface area contributed by atoms with E-state index in [4.69, 9.17) is 23.2 Å². The zero-order valence-electron chi connectivity index (χ0n) is 32.1. The summed E-state index contributed by atoms with van der Waals surface area (Å²) in [5.41, 5.74) is 5.64. The van der Waals surface area contributed by atoms with Crippen LogP contribution in [0.25, 0.3) is 0 Å². The zero-order chi connectivity index (χ0) is 42.1. The van der Waals surface area contributed by atoms with Gasteiger partial charge in [0, 0.05) is 54.9 Å². The van der Waals surface area contributed by atoms with Gasteiger partial charge in [-0.1, -0.05) is 120 Å². The molecule has 6 rings (SSSR count). The Morgan fingerprint density at radius 3 is 1.53 bits per heavy atom. The van der Waals surface area contributed by atoms with E-state index in [0.29, 0.717) is 63.9 Å². The number of benzene rings is 4. The van der Waals surface area contributed by atoms with E-state index in [-0.39, 0.29) is 41.6 Å². The van der Waals surface area contributed by atoms with Gasteiger partial charge in [-0.15, -0.1) is 0 Å². The van der Waals surface area contributed by atoms with Gasteiger partial charge in [0.1, 0.15) is 22.8 Å². The van der Waals surface area contributed by atoms with Gasteiger partial charge in [-0.3, -0.25) is 13.8 Å². The predicted octanol–water partition coefficient (Wildman–Crippen LogP) is 6.79. The predicted molar refractivity (Wildman–Crippen MR) is 233 cm³/mol. The molecule has 0 radical (unpaired) electrons. The van der Waals surface area contributed by atoms with Crippen molar-refractivity contribution in [2.24, 2.45) is 0 Å². The molecular weight excluding hydrogens is 832 g/mol. The smallest absolute Gasteiger partial charge is 0.256 e. The van der Waals surface area contributed by atoms with Gasteiger partial charge in [-0.2, -0.15) is 0 Å². The Morgan fingerprint density at radius 1 is 0.644 bits per heavy atom. The van der Waals surface area contributed by atoms with Crippen molar-refractivity contribution < 1.29 is 24.0 Å². The molecule has 2 aromatic heterocycles. The number of nitrogens with zero attached hydrogens (tertiary/aromatic N) is 4. The summed E-state index contributed by atoms with van der Waals surface area (Å²) < 4.78 is 11.8. The summed E-state index contributed by atoms with van der Waals surface area (Å²) in [5.74, 6) is 0.140. The van der Waals surface area contributed by atoms with Crippen molar-refractivity contribution in [1.29, 1.82) is 0 Å². The van der Waals surface area contributed by atoms with E-state index in [1.54, 1.807) is 24.3 Å². The van der Waals surface area contributed by atoms with Crippen LogP contribution in [0.5, 0.6) is 0 Å². The molecule has 13 nitrogen and oxygen atoms in total. The van der Waals surface area contributed by atoms with Crippen molar-refractivity contribution in [1.82, 2.24) is 30.6 Å². The number of anilines is 2. The van der Waals surface area contributed by atoms with Crippen LogP contribution in [0, 0.1) is 0 Å². The van der Waals surface area contributed by atoms with Crippen molar-refractivity contribution in [3.05, 3.63) is 164 Å². The minimum atomic E-state index is -1.39. The van der Waals surface area contributed by atoms with E-state index < -0.39 is 10.8 Å². The third-order valence-corrected chi connectivity index (χ3v) is 10.5. The molecule has 0 saturated heterocycles. The van der Waals surface area contributed by atoms with Crippen LogP contribution < -0.4 is 21.3 Å². The Balaban J connectivity index is 0.000000224. The average Bonchev–Trinajstić information content (AvgIpc) is 3.26. The maximum atomic E-state index is 12.7. The van der Waals surface area contributed by atoms with Gasteiger partial charge in [0.2, 0.25) is 5.16 Å². The molecule has 1 unspecified atom stereocenters. The highest BCUT2D eigenvalue weighted by Crippen LogP contribution is 2.22. The normalized spacial score (nSPS) is 11.2. The number of hydrogen-bond donors (Lipinski definition) is 6. The Hall–Kier alpha value is -5.42. The monoisotopic (exact) mass is 872 g/mol. The first-order chi connectivity index (χ1) is 28.6. The maximum absolute atomic E-state index is 12.7. The van der Waals surface area contributed by atoms with Crippen LogP contribution in [0.15, 0.2) is 120 Å². The minimum Gasteiger partial charge on any atom is -0.392 e. The number of aliphatic hydroxyl groups excluding tert-OH is 2. The highest BCUT2D eigenvalue weighted by Gasteiger charge is 2.17. The number of amides is 2. The van der Waals surface area contributed by atoms with Crippen LogP contribution >= 0.6 is 35.0 Å². The molecule has 1 atom stereocenters. The van der Waals surface area contributed by atoms with E-state index in [0.717, 1.165) is 22.3 Å². The topological polar surface area (TPSA) is 191 Å². The van der Waals surface area contributed by atoms with E-state index in [1.807, 2.05) is 79.1 Å². The summed E-state index contributed by atoms with van der Waals surface area (Å²) in [5, 5.41) is 32.2. The molecule has 4 aromatic carbocycles. The van der Waals surface area contributed by atoms with Crippen LogP contribution in [-0.4, -0.2) is 58.7 Å². The molecule has 59 heavy (non-hydrogen) atoms. The summed E-state index contributed by atoms with van der Waals surface area (Å²) in [7, 11) is -1.39. The molecule has 0 spiro atoms. The SMILES string of the molecule is CS(=O)c1ncc(C(=O)NCc2ccccc2)c(NCc2ccc(CO)c(Cl)c2)n1.CSc1ncc(C(=O)NCc2ccccc2)c(NCc2ccc(CO)c(Cl)c2)n1. The van der Waals surface area contributed by atoms with Crippen molar-refractivity contribution in [3.63, 3.8) is 0 Å². The largest absolute Gasteiger partial charge is 0.392 e. The van der Waals surface area contributed by atoms with Crippen LogP contribution in [0.4, 0.5) is 11.6 Å². The molecule has 0 aliphatic heterocycles. The number of aliphatic hydroxyl groups is 2. The second kappa shape index (κ2) is 22.7. The lowest BCUT2D eigenvalue weighted by molar-refractivity contribution is 0.0942. The Bertz CT molecular complexity index is 2380. The van der Waals surface area contributed by atoms with Gasteiger partial charge < -0.3 is 31.5 Å². The van der Waals surface area contributed by atoms with Gasteiger partial charge in [0.15, 0.2) is 5.16 Å². The number of carbonyl (C=O) groups is 2. The highest BCUT2D eigenvalue weighted by atomic mass is 35.5. The molecule has 0 aliphatic rings. The fourth-order valence-electron chi connectivity index (χ4n) is 5.35. The summed E-state index contributed by atoms with van der Waals surface area (Å²) in [6.45, 7) is 1.28. The first-order valence-corrected chi connectivity index (χ1v) is 21.6. The number of thioether (sulfide) groups is 1. The van der Waals surface area contributed by atoms with Crippen LogP contribution in [-0.2, 0) is 50.2 Å². The lowest BCUT2D eigenvalue weighted by Crippen LogP contribution is -2.25. The molecule has 2 amide bonds. The molecule has 0 fully saturated rings. The summed E-state index contributed by atoms with van der Waals surface area (Å²) in [6, 6.07) is 29.9. The summed E-state index contributed by atoms with van der Waals surface area (Å²) in [4.78, 5) is 42.4. The van der Waals surface area contributed by atoms with E-state index >= 15 is 0 Å². The molecule has 306 valence electrons. The Kier molecular flexibility index (Phi) is 17.2. The number of hydrogen-bond acceptors (Lipinski definition) is 12. The van der Waals surface area contributed by atoms with E-state index in [1.165, 1.54) is 30.4 Å². The first-order valence-electron chi connectivity index (χ1n) is 18.1. The number of halogens is 2. The fraction of sp³-hybridized carbons (Fsp3) is 0.190. The van der Waals surface area contributed by atoms with Crippen molar-refractivity contribution in [3.8, 4) is 0 Å². The van der Waals surface area contributed by atoms with Gasteiger partial charge >= 0.3 is 0 Å². The Labute approximate surface area is 358 Å². The third kappa shape index (κ3) is 13.3. The molecular formula is C42H42Cl2N8O5S2. The third-order valence-electron chi connectivity index (χ3n) is 8.55. The van der Waals surface area contributed by atoms with E-state index in [9.17, 15) is 24.0 Å². The van der Waals surface area contributed by atoms with Crippen molar-refractivity contribution in [2.75, 3.05) is 23.1 Å². The molecule has 6 aromatic rings. The van der Waals surface area contributed by atoms with Crippen molar-refractivity contribution >= 4 is 69.2 Å². The molecule has 0 saturated carbocycles. The Morgan fingerprint density at radius 2 is 1.10 bits per heavy atom. The zero-order valence-corrected chi connectivity index (χ0v) is 35.3. The first kappa shape index (κ1) is 44.7. The van der Waals surface area contributed by atoms with Gasteiger partial charge in [0.25, 0.3) is 11.8 Å². The number of nitrogens with one attached hydrogen (secondary N) is 4. The summed E-state index contributed by atoms with van der Waals surface area (Å²) in [6.07, 6.45) is 6.25. The summed E-state index contributed by atoms with van der Waals surface area (Å²) >= 11 is 13.7. The molecule has 0 aliphatic carbocycles. The molecule has 0 bridgehead atoms. The second-order valence-corrected chi connectivity index (χ2v) is 15.6. The quantitative estimate of drug-likeness (QED) is 0.0442. The number of carbonyl (C=O) groups excluding carboxylic acids is 2. The minimum absolute atomic E-state index is 0.110. The van der Waals surface area contributed by atoms with Crippen LogP contribution in [0.1, 0.15) is 54.1 Å². The maximum Gasteiger partial charge on any atom is 0.256 e. The van der Waals surface area contributed by atoms with Crippen LogP contribution in [0.3, 0.4) is 0 Å². The lowest BCUT2D eigenvalue weighted by atomic mass is 10.1. The molecule has 6 N–H and O–H groups in total. The van der Waals surface area contributed by atoms with Crippen molar-refractivity contribution in [2.45, 2.75) is 49.7 Å². The average molecular weight is 874 g/mol. The number of rotatable bonds is 16. The standard InChI is InChI=1S/C21H21ClN4O3S.C21H21ClN4O2S/c1-30(29)21-25-12-17(20(28)24-10-14-5-3-2-4-6-14)19(26-21)23-11-15-7-8-16(13-27)18(22)9-15;1-29-21-25-12-17(20(28)24-10-14-5-3-2-4-6-14)19(26-21)23-11-15-7-8-16(13-27)18(22)9-15/h2-9,12,27H,10-11,13H2,1H3,(H,24,28)(H,23,25,26);2-9,12,27H,10-11,13H2,1H3,(H,24,28)(H,23,25,26). The van der Waals surface area contributed by atoms with E-state index in [2.05, 4.69) is 41.2 Å². The van der Waals surface area contributed by atoms with Gasteiger partial charge in [-0.05, 0) is 51.8 Å². The van der Waals surface area contributed by atoms with Gasteiger partial charge in [0.05, 0.1) is 24.0 Å². The van der Waals surface area contributed by atoms with Crippen LogP contribution in [0.2, 0.25) is 10.0 Å². The fourth-order valence-corrected chi connectivity index (χ4v) is 6.63. The molecule has 17 heteroatoms. The lowest BCUT2D eigenvalue weighted by Gasteiger charge is -2.13. The second-order valence-electron chi connectivity index (χ2n) is 12.7. The molecule has 2 heterocycles.